The van der Waals surface area contributed by atoms with Gasteiger partial charge in [0, 0.05) is 5.02 Å². The van der Waals surface area contributed by atoms with Gasteiger partial charge in [0.05, 0.1) is 17.4 Å². The molecule has 1 aromatic carbocycles. The van der Waals surface area contributed by atoms with E-state index in [1.165, 1.54) is 4.68 Å². The molecule has 0 N–H and O–H groups in total. The first kappa shape index (κ1) is 10.6. The molecule has 5 nitrogen and oxygen atoms in total. The molecule has 0 amide bonds. The molecular weight excluding hydrogens is 230 g/mol. The fourth-order valence-electron chi connectivity index (χ4n) is 1.35. The van der Waals surface area contributed by atoms with Crippen molar-refractivity contribution in [2.45, 2.75) is 6.92 Å². The number of benzene rings is 1. The summed E-state index contributed by atoms with van der Waals surface area (Å²) in [5, 5.41) is 18.5. The molecule has 2 rings (SSSR count). The fourth-order valence-corrected chi connectivity index (χ4v) is 1.47. The minimum absolute atomic E-state index is 0.157. The Kier molecular flexibility index (Phi) is 2.62. The number of aromatic nitrogens is 3. The fraction of sp³-hybridized carbons (Fsp3) is 0.100. The summed E-state index contributed by atoms with van der Waals surface area (Å²) in [7, 11) is 0. The van der Waals surface area contributed by atoms with Crippen LogP contribution in [0.4, 0.5) is 0 Å². The molecule has 0 bridgehead atoms. The summed E-state index contributed by atoms with van der Waals surface area (Å²) in [6.45, 7) is 1.61. The summed E-state index contributed by atoms with van der Waals surface area (Å²) in [5.41, 5.74) is 0.958. The van der Waals surface area contributed by atoms with Gasteiger partial charge in [-0.25, -0.2) is 4.68 Å². The Morgan fingerprint density at radius 3 is 2.50 bits per heavy atom. The van der Waals surface area contributed by atoms with E-state index < -0.39 is 5.97 Å². The zero-order valence-electron chi connectivity index (χ0n) is 8.35. The smallest absolute Gasteiger partial charge is 0.131 e. The van der Waals surface area contributed by atoms with Gasteiger partial charge in [0.1, 0.15) is 5.69 Å². The van der Waals surface area contributed by atoms with Crippen molar-refractivity contribution in [3.05, 3.63) is 40.7 Å². The average molecular weight is 237 g/mol. The number of carbonyl (C=O) groups is 1. The highest BCUT2D eigenvalue weighted by atomic mass is 35.5. The summed E-state index contributed by atoms with van der Waals surface area (Å²) in [6.07, 6.45) is 0. The third-order valence-corrected chi connectivity index (χ3v) is 2.41. The molecule has 82 valence electrons. The molecule has 1 aromatic heterocycles. The first-order valence-corrected chi connectivity index (χ1v) is 4.87. The number of hydrogen-bond acceptors (Lipinski definition) is 4. The summed E-state index contributed by atoms with van der Waals surface area (Å²) in [6, 6.07) is 6.83. The molecule has 0 radical (unpaired) electrons. The average Bonchev–Trinajstić information content (AvgIpc) is 2.61. The van der Waals surface area contributed by atoms with Crippen LogP contribution in [0.3, 0.4) is 0 Å². The van der Waals surface area contributed by atoms with Gasteiger partial charge in [0.2, 0.25) is 0 Å². The maximum absolute atomic E-state index is 10.7. The first-order valence-electron chi connectivity index (χ1n) is 4.49. The van der Waals surface area contributed by atoms with Crippen molar-refractivity contribution in [2.75, 3.05) is 0 Å². The second-order valence-corrected chi connectivity index (χ2v) is 3.64. The van der Waals surface area contributed by atoms with Gasteiger partial charge in [0.15, 0.2) is 0 Å². The van der Waals surface area contributed by atoms with E-state index in [2.05, 4.69) is 10.3 Å². The Morgan fingerprint density at radius 1 is 1.38 bits per heavy atom. The van der Waals surface area contributed by atoms with E-state index in [1.807, 2.05) is 0 Å². The number of rotatable bonds is 2. The van der Waals surface area contributed by atoms with Crippen molar-refractivity contribution in [3.8, 4) is 5.69 Å². The predicted molar refractivity (Wildman–Crippen MR) is 55.4 cm³/mol. The number of carbonyl (C=O) groups excluding carboxylic acids is 1. The summed E-state index contributed by atoms with van der Waals surface area (Å²) >= 11 is 5.75. The molecule has 0 unspecified atom stereocenters. The molecule has 0 aliphatic heterocycles. The van der Waals surface area contributed by atoms with Crippen molar-refractivity contribution in [1.29, 1.82) is 0 Å². The second kappa shape index (κ2) is 3.94. The summed E-state index contributed by atoms with van der Waals surface area (Å²) in [4.78, 5) is 10.7. The quantitative estimate of drug-likeness (QED) is 0.765. The van der Waals surface area contributed by atoms with Crippen LogP contribution in [0.2, 0.25) is 5.02 Å². The second-order valence-electron chi connectivity index (χ2n) is 3.20. The summed E-state index contributed by atoms with van der Waals surface area (Å²) in [5.74, 6) is -1.34. The van der Waals surface area contributed by atoms with E-state index in [4.69, 9.17) is 11.6 Å². The molecule has 6 heteroatoms. The third kappa shape index (κ3) is 1.77. The van der Waals surface area contributed by atoms with Crippen LogP contribution in [-0.2, 0) is 0 Å². The lowest BCUT2D eigenvalue weighted by molar-refractivity contribution is -0.255. The number of nitrogens with zero attached hydrogens (tertiary/aromatic N) is 3. The van der Waals surface area contributed by atoms with Gasteiger partial charge in [0.25, 0.3) is 0 Å². The van der Waals surface area contributed by atoms with Crippen LogP contribution in [0, 0.1) is 6.92 Å². The van der Waals surface area contributed by atoms with Crippen molar-refractivity contribution in [2.24, 2.45) is 0 Å². The molecular formula is C10H7ClN3O2-. The Hall–Kier alpha value is -1.88. The molecule has 0 saturated carbocycles. The molecule has 0 aliphatic carbocycles. The standard InChI is InChI=1S/C10H8ClN3O2/c1-6-9(10(15)16)12-13-14(6)8-4-2-7(11)3-5-8/h2-5H,1H3,(H,15,16)/p-1. The van der Waals surface area contributed by atoms with Gasteiger partial charge in [-0.1, -0.05) is 16.8 Å². The lowest BCUT2D eigenvalue weighted by Crippen LogP contribution is -2.23. The number of carboxylic acid groups (broad SMARTS) is 1. The maximum atomic E-state index is 10.7. The van der Waals surface area contributed by atoms with Crippen LogP contribution in [0.15, 0.2) is 24.3 Å². The zero-order valence-corrected chi connectivity index (χ0v) is 9.10. The highest BCUT2D eigenvalue weighted by Crippen LogP contribution is 2.15. The van der Waals surface area contributed by atoms with Crippen LogP contribution in [0.5, 0.6) is 0 Å². The van der Waals surface area contributed by atoms with E-state index in [9.17, 15) is 9.90 Å². The molecule has 0 spiro atoms. The van der Waals surface area contributed by atoms with Gasteiger partial charge < -0.3 is 9.90 Å². The monoisotopic (exact) mass is 236 g/mol. The van der Waals surface area contributed by atoms with Gasteiger partial charge in [-0.2, -0.15) is 0 Å². The molecule has 1 heterocycles. The largest absolute Gasteiger partial charge is 0.543 e. The normalized spacial score (nSPS) is 10.4. The van der Waals surface area contributed by atoms with Crippen LogP contribution < -0.4 is 5.11 Å². The zero-order chi connectivity index (χ0) is 11.7. The SMILES string of the molecule is Cc1c(C(=O)[O-])nnn1-c1ccc(Cl)cc1. The van der Waals surface area contributed by atoms with Crippen LogP contribution in [0.1, 0.15) is 16.2 Å². The molecule has 0 aliphatic rings. The predicted octanol–water partition coefficient (Wildman–Crippen LogP) is 0.593. The Labute approximate surface area is 96.3 Å². The number of aromatic carboxylic acids is 1. The number of halogens is 1. The molecule has 0 atom stereocenters. The number of carboxylic acids is 1. The highest BCUT2D eigenvalue weighted by molar-refractivity contribution is 6.30. The lowest BCUT2D eigenvalue weighted by atomic mass is 10.3. The third-order valence-electron chi connectivity index (χ3n) is 2.16. The Bertz CT molecular complexity index is 533. The van der Waals surface area contributed by atoms with Crippen molar-refractivity contribution in [1.82, 2.24) is 15.0 Å². The van der Waals surface area contributed by atoms with Gasteiger partial charge >= 0.3 is 0 Å². The van der Waals surface area contributed by atoms with Crippen LogP contribution in [-0.4, -0.2) is 21.0 Å². The minimum Gasteiger partial charge on any atom is -0.543 e. The van der Waals surface area contributed by atoms with Gasteiger partial charge in [-0.05, 0) is 31.2 Å². The number of hydrogen-bond donors (Lipinski definition) is 0. The molecule has 16 heavy (non-hydrogen) atoms. The van der Waals surface area contributed by atoms with E-state index in [0.29, 0.717) is 16.4 Å². The van der Waals surface area contributed by atoms with E-state index in [1.54, 1.807) is 31.2 Å². The van der Waals surface area contributed by atoms with Crippen molar-refractivity contribution in [3.63, 3.8) is 0 Å². The molecule has 0 saturated heterocycles. The first-order chi connectivity index (χ1) is 7.59. The topological polar surface area (TPSA) is 70.8 Å². The lowest BCUT2D eigenvalue weighted by Gasteiger charge is -2.03. The van der Waals surface area contributed by atoms with Crippen LogP contribution >= 0.6 is 11.6 Å². The van der Waals surface area contributed by atoms with Crippen LogP contribution in [0.25, 0.3) is 5.69 Å². The molecule has 0 fully saturated rings. The maximum Gasteiger partial charge on any atom is 0.131 e. The summed E-state index contributed by atoms with van der Waals surface area (Å²) < 4.78 is 1.42. The Morgan fingerprint density at radius 2 is 2.00 bits per heavy atom. The Balaban J connectivity index is 2.49. The van der Waals surface area contributed by atoms with Crippen molar-refractivity contribution >= 4 is 17.6 Å². The minimum atomic E-state index is -1.34. The van der Waals surface area contributed by atoms with Crippen molar-refractivity contribution < 1.29 is 9.90 Å². The van der Waals surface area contributed by atoms with Gasteiger partial charge in [-0.3, -0.25) is 0 Å². The molecule has 2 aromatic rings. The van der Waals surface area contributed by atoms with Gasteiger partial charge in [-0.15, -0.1) is 5.10 Å². The highest BCUT2D eigenvalue weighted by Gasteiger charge is 2.10. The van der Waals surface area contributed by atoms with E-state index in [-0.39, 0.29) is 5.69 Å². The van der Waals surface area contributed by atoms with E-state index >= 15 is 0 Å². The van der Waals surface area contributed by atoms with E-state index in [0.717, 1.165) is 0 Å².